The van der Waals surface area contributed by atoms with Gasteiger partial charge in [0, 0.05) is 0 Å². The van der Waals surface area contributed by atoms with Crippen molar-refractivity contribution in [2.24, 2.45) is 0 Å². The minimum Gasteiger partial charge on any atom is -0.457 e. The van der Waals surface area contributed by atoms with Crippen LogP contribution in [0.5, 0.6) is 11.5 Å². The minimum absolute atomic E-state index is 0.967. The monoisotopic (exact) mass is 254 g/mol. The van der Waals surface area contributed by atoms with Crippen LogP contribution in [0.25, 0.3) is 0 Å². The van der Waals surface area contributed by atoms with Crippen molar-refractivity contribution in [2.75, 3.05) is 0 Å². The van der Waals surface area contributed by atoms with Gasteiger partial charge in [0.1, 0.15) is 11.5 Å². The Bertz CT molecular complexity index is 624. The van der Waals surface area contributed by atoms with Gasteiger partial charge in [0.05, 0.1) is 0 Å². The van der Waals surface area contributed by atoms with Crippen molar-refractivity contribution in [1.82, 2.24) is 0 Å². The van der Waals surface area contributed by atoms with E-state index in [0.29, 0.717) is 0 Å². The van der Waals surface area contributed by atoms with Crippen LogP contribution < -0.4 is 4.74 Å². The van der Waals surface area contributed by atoms with Gasteiger partial charge in [-0.15, -0.1) is 0 Å². The molecule has 100 valence electrons. The highest BCUT2D eigenvalue weighted by molar-refractivity contribution is 5.50. The molecule has 0 saturated heterocycles. The number of aryl methyl sites for hydroxylation is 4. The quantitative estimate of drug-likeness (QED) is 0.704. The first-order valence-corrected chi connectivity index (χ1v) is 6.72. The van der Waals surface area contributed by atoms with E-state index in [2.05, 4.69) is 65.8 Å². The fourth-order valence-corrected chi connectivity index (χ4v) is 2.30. The van der Waals surface area contributed by atoms with Gasteiger partial charge in [0.25, 0.3) is 0 Å². The summed E-state index contributed by atoms with van der Waals surface area (Å²) in [6.45, 7) is 12.7. The maximum absolute atomic E-state index is 6.21. The van der Waals surface area contributed by atoms with Crippen molar-refractivity contribution in [1.29, 1.82) is 0 Å². The molecule has 0 aromatic heterocycles. The van der Waals surface area contributed by atoms with Crippen LogP contribution in [0.4, 0.5) is 0 Å². The average Bonchev–Trinajstić information content (AvgIpc) is 2.35. The van der Waals surface area contributed by atoms with Crippen molar-refractivity contribution >= 4 is 0 Å². The van der Waals surface area contributed by atoms with Gasteiger partial charge >= 0.3 is 0 Å². The lowest BCUT2D eigenvalue weighted by Crippen LogP contribution is -1.96. The number of rotatable bonds is 2. The van der Waals surface area contributed by atoms with Crippen LogP contribution in [0, 0.1) is 41.5 Å². The summed E-state index contributed by atoms with van der Waals surface area (Å²) in [6.07, 6.45) is 0. The molecule has 0 atom stereocenters. The van der Waals surface area contributed by atoms with Crippen LogP contribution in [-0.2, 0) is 0 Å². The molecule has 0 amide bonds. The lowest BCUT2D eigenvalue weighted by atomic mass is 10.0. The predicted octanol–water partition coefficient (Wildman–Crippen LogP) is 5.33. The molecule has 1 nitrogen and oxygen atoms in total. The molecule has 0 bridgehead atoms. The fraction of sp³-hybridized carbons (Fsp3) is 0.333. The lowest BCUT2D eigenvalue weighted by molar-refractivity contribution is 0.470. The first kappa shape index (κ1) is 13.7. The smallest absolute Gasteiger partial charge is 0.133 e. The molecule has 0 aliphatic rings. The molecule has 0 aliphatic carbocycles. The second-order valence-electron chi connectivity index (χ2n) is 5.46. The highest BCUT2D eigenvalue weighted by Crippen LogP contribution is 2.33. The molecule has 2 rings (SSSR count). The first-order chi connectivity index (χ1) is 8.90. The second kappa shape index (κ2) is 5.08. The van der Waals surface area contributed by atoms with E-state index in [4.69, 9.17) is 4.74 Å². The summed E-state index contributed by atoms with van der Waals surface area (Å²) in [5.41, 5.74) is 7.40. The van der Waals surface area contributed by atoms with E-state index in [-0.39, 0.29) is 0 Å². The number of ether oxygens (including phenoxy) is 1. The highest BCUT2D eigenvalue weighted by Gasteiger charge is 2.10. The van der Waals surface area contributed by atoms with Gasteiger partial charge in [-0.3, -0.25) is 0 Å². The summed E-state index contributed by atoms with van der Waals surface area (Å²) in [5.74, 6) is 1.96. The summed E-state index contributed by atoms with van der Waals surface area (Å²) in [4.78, 5) is 0. The molecular weight excluding hydrogens is 232 g/mol. The van der Waals surface area contributed by atoms with Crippen LogP contribution in [-0.4, -0.2) is 0 Å². The number of hydrogen-bond donors (Lipinski definition) is 0. The van der Waals surface area contributed by atoms with E-state index in [1.54, 1.807) is 0 Å². The van der Waals surface area contributed by atoms with E-state index in [0.717, 1.165) is 11.5 Å². The number of benzene rings is 2. The van der Waals surface area contributed by atoms with E-state index < -0.39 is 0 Å². The van der Waals surface area contributed by atoms with Crippen molar-refractivity contribution in [3.63, 3.8) is 0 Å². The Morgan fingerprint density at radius 1 is 0.684 bits per heavy atom. The summed E-state index contributed by atoms with van der Waals surface area (Å²) in [5, 5.41) is 0. The van der Waals surface area contributed by atoms with Crippen LogP contribution in [0.3, 0.4) is 0 Å². The third-order valence-corrected chi connectivity index (χ3v) is 3.85. The number of hydrogen-bond acceptors (Lipinski definition) is 1. The summed E-state index contributed by atoms with van der Waals surface area (Å²) >= 11 is 0. The third-order valence-electron chi connectivity index (χ3n) is 3.85. The van der Waals surface area contributed by atoms with E-state index in [1.165, 1.54) is 33.4 Å². The zero-order chi connectivity index (χ0) is 14.2. The molecule has 0 N–H and O–H groups in total. The summed E-state index contributed by atoms with van der Waals surface area (Å²) in [6, 6.07) is 8.57. The van der Waals surface area contributed by atoms with Crippen LogP contribution in [0.15, 0.2) is 24.3 Å². The minimum atomic E-state index is 0.967. The maximum atomic E-state index is 6.21. The first-order valence-electron chi connectivity index (χ1n) is 6.72. The molecule has 19 heavy (non-hydrogen) atoms. The second-order valence-corrected chi connectivity index (χ2v) is 5.46. The van der Waals surface area contributed by atoms with Gasteiger partial charge in [-0.05, 0) is 81.0 Å². The molecule has 2 aromatic carbocycles. The van der Waals surface area contributed by atoms with Gasteiger partial charge in [0.15, 0.2) is 0 Å². The molecule has 0 spiro atoms. The largest absolute Gasteiger partial charge is 0.457 e. The van der Waals surface area contributed by atoms with Crippen LogP contribution in [0.2, 0.25) is 0 Å². The van der Waals surface area contributed by atoms with Crippen LogP contribution >= 0.6 is 0 Å². The molecular formula is C18H22O. The Labute approximate surface area is 116 Å². The van der Waals surface area contributed by atoms with Gasteiger partial charge < -0.3 is 4.74 Å². The Hall–Kier alpha value is -1.76. The lowest BCUT2D eigenvalue weighted by Gasteiger charge is -2.16. The summed E-state index contributed by atoms with van der Waals surface area (Å²) < 4.78 is 6.21. The maximum Gasteiger partial charge on any atom is 0.133 e. The normalized spacial score (nSPS) is 10.6. The molecule has 0 radical (unpaired) electrons. The van der Waals surface area contributed by atoms with Crippen LogP contribution in [0.1, 0.15) is 33.4 Å². The topological polar surface area (TPSA) is 9.23 Å². The molecule has 0 unspecified atom stereocenters. The van der Waals surface area contributed by atoms with Gasteiger partial charge in [-0.2, -0.15) is 0 Å². The predicted molar refractivity (Wildman–Crippen MR) is 81.4 cm³/mol. The van der Waals surface area contributed by atoms with Crippen molar-refractivity contribution in [3.05, 3.63) is 57.6 Å². The molecule has 0 aliphatic heterocycles. The van der Waals surface area contributed by atoms with Crippen molar-refractivity contribution in [3.8, 4) is 11.5 Å². The average molecular weight is 254 g/mol. The van der Waals surface area contributed by atoms with Gasteiger partial charge in [-0.1, -0.05) is 18.2 Å². The van der Waals surface area contributed by atoms with Crippen molar-refractivity contribution in [2.45, 2.75) is 41.5 Å². The Balaban J connectivity index is 2.51. The molecule has 0 fully saturated rings. The molecule has 0 heterocycles. The fourth-order valence-electron chi connectivity index (χ4n) is 2.30. The Morgan fingerprint density at radius 2 is 1.32 bits per heavy atom. The van der Waals surface area contributed by atoms with E-state index in [1.807, 2.05) is 0 Å². The Morgan fingerprint density at radius 3 is 2.00 bits per heavy atom. The van der Waals surface area contributed by atoms with Gasteiger partial charge in [-0.25, -0.2) is 0 Å². The summed E-state index contributed by atoms with van der Waals surface area (Å²) in [7, 11) is 0. The standard InChI is InChI=1S/C18H22O/c1-11-9-14(4)15(5)17(10-11)19-18-13(3)8-7-12(2)16(18)6/h7-10H,1-6H3. The van der Waals surface area contributed by atoms with Gasteiger partial charge in [0.2, 0.25) is 0 Å². The van der Waals surface area contributed by atoms with E-state index >= 15 is 0 Å². The third kappa shape index (κ3) is 2.65. The van der Waals surface area contributed by atoms with Crippen molar-refractivity contribution < 1.29 is 4.74 Å². The molecule has 1 heteroatoms. The molecule has 0 saturated carbocycles. The molecule has 2 aromatic rings. The highest BCUT2D eigenvalue weighted by atomic mass is 16.5. The van der Waals surface area contributed by atoms with E-state index in [9.17, 15) is 0 Å². The zero-order valence-corrected chi connectivity index (χ0v) is 12.7. The SMILES string of the molecule is Cc1cc(C)c(C)c(Oc2c(C)ccc(C)c2C)c1. The Kier molecular flexibility index (Phi) is 3.66. The zero-order valence-electron chi connectivity index (χ0n) is 12.7.